The highest BCUT2D eigenvalue weighted by Gasteiger charge is 2.11. The molecule has 0 saturated heterocycles. The van der Waals surface area contributed by atoms with E-state index in [1.54, 1.807) is 18.2 Å². The van der Waals surface area contributed by atoms with Crippen LogP contribution >= 0.6 is 0 Å². The Balaban J connectivity index is 1.35. The number of benzene rings is 2. The molecule has 0 radical (unpaired) electrons. The second kappa shape index (κ2) is 7.61. The lowest BCUT2D eigenvalue weighted by Crippen LogP contribution is -2.12. The molecule has 2 aromatic carbocycles. The second-order valence-corrected chi connectivity index (χ2v) is 5.75. The minimum Gasteiger partial charge on any atom is -0.423 e. The Morgan fingerprint density at radius 1 is 1.04 bits per heavy atom. The van der Waals surface area contributed by atoms with Crippen LogP contribution in [0.3, 0.4) is 0 Å². The van der Waals surface area contributed by atoms with Gasteiger partial charge in [0.1, 0.15) is 0 Å². The highest BCUT2D eigenvalue weighted by Crippen LogP contribution is 2.20. The fourth-order valence-electron chi connectivity index (χ4n) is 2.53. The molecule has 0 fully saturated rings. The maximum absolute atomic E-state index is 12.2. The summed E-state index contributed by atoms with van der Waals surface area (Å²) in [6, 6.07) is 16.7. The summed E-state index contributed by atoms with van der Waals surface area (Å²) < 4.78 is 10.4. The van der Waals surface area contributed by atoms with Gasteiger partial charge in [0.25, 0.3) is 0 Å². The van der Waals surface area contributed by atoms with E-state index in [1.807, 2.05) is 36.4 Å². The molecule has 4 aromatic rings. The van der Waals surface area contributed by atoms with E-state index in [1.165, 1.54) is 6.39 Å². The average molecular weight is 361 g/mol. The fourth-order valence-corrected chi connectivity index (χ4v) is 2.53. The molecular formula is C19H15N5O3. The van der Waals surface area contributed by atoms with Crippen molar-refractivity contribution in [1.82, 2.24) is 20.3 Å². The van der Waals surface area contributed by atoms with Crippen molar-refractivity contribution in [3.63, 3.8) is 0 Å². The molecule has 8 heteroatoms. The lowest BCUT2D eigenvalue weighted by atomic mass is 10.2. The van der Waals surface area contributed by atoms with Crippen molar-refractivity contribution in [2.75, 3.05) is 5.32 Å². The summed E-state index contributed by atoms with van der Waals surface area (Å²) in [4.78, 5) is 16.5. The largest absolute Gasteiger partial charge is 0.423 e. The summed E-state index contributed by atoms with van der Waals surface area (Å²) in [6.07, 6.45) is 1.84. The summed E-state index contributed by atoms with van der Waals surface area (Å²) in [5.41, 5.74) is 2.25. The van der Waals surface area contributed by atoms with Gasteiger partial charge in [-0.25, -0.2) is 0 Å². The molecule has 0 atom stereocenters. The highest BCUT2D eigenvalue weighted by atomic mass is 16.5. The van der Waals surface area contributed by atoms with Crippen molar-refractivity contribution >= 4 is 11.6 Å². The molecule has 0 saturated carbocycles. The van der Waals surface area contributed by atoms with Gasteiger partial charge in [-0.2, -0.15) is 4.98 Å². The molecule has 0 unspecified atom stereocenters. The fraction of sp³-hybridized carbons (Fsp3) is 0.105. The number of amides is 1. The molecule has 0 aliphatic heterocycles. The van der Waals surface area contributed by atoms with Crippen molar-refractivity contribution in [3.05, 3.63) is 66.9 Å². The van der Waals surface area contributed by atoms with E-state index in [9.17, 15) is 4.79 Å². The highest BCUT2D eigenvalue weighted by molar-refractivity contribution is 5.91. The molecule has 1 N–H and O–H groups in total. The zero-order chi connectivity index (χ0) is 18.5. The van der Waals surface area contributed by atoms with E-state index in [2.05, 4.69) is 25.7 Å². The van der Waals surface area contributed by atoms with Crippen LogP contribution in [0.15, 0.2) is 69.9 Å². The van der Waals surface area contributed by atoms with Crippen LogP contribution in [0.4, 0.5) is 5.69 Å². The first-order valence-corrected chi connectivity index (χ1v) is 8.32. The van der Waals surface area contributed by atoms with Crippen LogP contribution in [0.1, 0.15) is 12.3 Å². The summed E-state index contributed by atoms with van der Waals surface area (Å²) in [7, 11) is 0. The van der Waals surface area contributed by atoms with Gasteiger partial charge < -0.3 is 14.3 Å². The molecule has 27 heavy (non-hydrogen) atoms. The van der Waals surface area contributed by atoms with E-state index in [0.29, 0.717) is 29.7 Å². The monoisotopic (exact) mass is 361 g/mol. The smallest absolute Gasteiger partial charge is 0.247 e. The number of rotatable bonds is 6. The maximum Gasteiger partial charge on any atom is 0.247 e. The molecular weight excluding hydrogens is 346 g/mol. The van der Waals surface area contributed by atoms with Gasteiger partial charge in [-0.1, -0.05) is 41.6 Å². The molecule has 2 aromatic heterocycles. The zero-order valence-corrected chi connectivity index (χ0v) is 14.2. The van der Waals surface area contributed by atoms with Crippen LogP contribution in [-0.4, -0.2) is 26.2 Å². The Labute approximate surface area is 154 Å². The zero-order valence-electron chi connectivity index (χ0n) is 14.2. The van der Waals surface area contributed by atoms with Crippen molar-refractivity contribution in [3.8, 4) is 22.8 Å². The number of nitrogens with one attached hydrogen (secondary N) is 1. The first-order chi connectivity index (χ1) is 13.3. The normalized spacial score (nSPS) is 10.7. The Morgan fingerprint density at radius 3 is 2.70 bits per heavy atom. The van der Waals surface area contributed by atoms with Gasteiger partial charge >= 0.3 is 0 Å². The van der Waals surface area contributed by atoms with Crippen LogP contribution in [0.25, 0.3) is 22.8 Å². The van der Waals surface area contributed by atoms with Gasteiger partial charge in [0.2, 0.25) is 29.9 Å². The van der Waals surface area contributed by atoms with E-state index < -0.39 is 0 Å². The number of hydrogen-bond acceptors (Lipinski definition) is 7. The SMILES string of the molecule is O=C(CCc1nc(-c2ccccc2)no1)Nc1cccc(-c2nnco2)c1. The second-order valence-electron chi connectivity index (χ2n) is 5.75. The van der Waals surface area contributed by atoms with Crippen molar-refractivity contribution in [2.45, 2.75) is 12.8 Å². The third-order valence-electron chi connectivity index (χ3n) is 3.82. The van der Waals surface area contributed by atoms with E-state index in [4.69, 9.17) is 8.94 Å². The van der Waals surface area contributed by atoms with Crippen LogP contribution in [0, 0.1) is 0 Å². The number of nitrogens with zero attached hydrogens (tertiary/aromatic N) is 4. The number of aryl methyl sites for hydroxylation is 1. The van der Waals surface area contributed by atoms with E-state index >= 15 is 0 Å². The molecule has 0 spiro atoms. The van der Waals surface area contributed by atoms with Crippen molar-refractivity contribution < 1.29 is 13.7 Å². The third-order valence-corrected chi connectivity index (χ3v) is 3.82. The third kappa shape index (κ3) is 4.06. The van der Waals surface area contributed by atoms with Crippen molar-refractivity contribution in [1.29, 1.82) is 0 Å². The number of carbonyl (C=O) groups is 1. The number of aromatic nitrogens is 4. The standard InChI is InChI=1S/C19H15N5O3/c25-16(21-15-8-4-7-14(11-15)19-23-20-12-26-19)9-10-17-22-18(24-27-17)13-5-2-1-3-6-13/h1-8,11-12H,9-10H2,(H,21,25). The average Bonchev–Trinajstić information content (AvgIpc) is 3.40. The summed E-state index contributed by atoms with van der Waals surface area (Å²) >= 11 is 0. The predicted molar refractivity (Wildman–Crippen MR) is 96.4 cm³/mol. The number of hydrogen-bond donors (Lipinski definition) is 1. The first-order valence-electron chi connectivity index (χ1n) is 8.32. The van der Waals surface area contributed by atoms with E-state index in [0.717, 1.165) is 11.1 Å². The van der Waals surface area contributed by atoms with Gasteiger partial charge in [0, 0.05) is 29.7 Å². The molecule has 8 nitrogen and oxygen atoms in total. The molecule has 0 bridgehead atoms. The Morgan fingerprint density at radius 2 is 1.89 bits per heavy atom. The maximum atomic E-state index is 12.2. The van der Waals surface area contributed by atoms with Gasteiger partial charge in [-0.05, 0) is 18.2 Å². The Bertz CT molecular complexity index is 1030. The lowest BCUT2D eigenvalue weighted by molar-refractivity contribution is -0.116. The van der Waals surface area contributed by atoms with Gasteiger partial charge in [0.05, 0.1) is 0 Å². The molecule has 1 amide bonds. The molecule has 4 rings (SSSR count). The van der Waals surface area contributed by atoms with Crippen LogP contribution in [0.2, 0.25) is 0 Å². The van der Waals surface area contributed by atoms with Crippen LogP contribution in [0.5, 0.6) is 0 Å². The summed E-state index contributed by atoms with van der Waals surface area (Å²) in [5, 5.41) is 14.3. The van der Waals surface area contributed by atoms with Gasteiger partial charge in [0.15, 0.2) is 0 Å². The Kier molecular flexibility index (Phi) is 4.69. The number of carbonyl (C=O) groups excluding carboxylic acids is 1. The minimum atomic E-state index is -0.155. The molecule has 0 aliphatic rings. The van der Waals surface area contributed by atoms with Gasteiger partial charge in [-0.3, -0.25) is 4.79 Å². The number of anilines is 1. The summed E-state index contributed by atoms with van der Waals surface area (Å²) in [6.45, 7) is 0. The minimum absolute atomic E-state index is 0.155. The quantitative estimate of drug-likeness (QED) is 0.561. The molecule has 134 valence electrons. The van der Waals surface area contributed by atoms with E-state index in [-0.39, 0.29) is 12.3 Å². The van der Waals surface area contributed by atoms with Crippen LogP contribution < -0.4 is 5.32 Å². The topological polar surface area (TPSA) is 107 Å². The molecule has 2 heterocycles. The Hall–Kier alpha value is -3.81. The first kappa shape index (κ1) is 16.6. The predicted octanol–water partition coefficient (Wildman–Crippen LogP) is 3.36. The van der Waals surface area contributed by atoms with Crippen LogP contribution in [-0.2, 0) is 11.2 Å². The molecule has 0 aliphatic carbocycles. The lowest BCUT2D eigenvalue weighted by Gasteiger charge is -2.05. The van der Waals surface area contributed by atoms with Gasteiger partial charge in [-0.15, -0.1) is 10.2 Å². The van der Waals surface area contributed by atoms with Crippen molar-refractivity contribution in [2.24, 2.45) is 0 Å². The summed E-state index contributed by atoms with van der Waals surface area (Å²) in [5.74, 6) is 1.17.